The molecule has 2 rings (SSSR count). The van der Waals surface area contributed by atoms with Crippen LogP contribution in [0.4, 0.5) is 4.39 Å². The fourth-order valence-electron chi connectivity index (χ4n) is 1.52. The van der Waals surface area contributed by atoms with Gasteiger partial charge in [0, 0.05) is 0 Å². The lowest BCUT2D eigenvalue weighted by Gasteiger charge is -2.09. The van der Waals surface area contributed by atoms with Gasteiger partial charge < -0.3 is 14.6 Å². The Hall–Kier alpha value is -2.07. The molecular weight excluding hydrogens is 235 g/mol. The first-order valence-electron chi connectivity index (χ1n) is 5.44. The van der Waals surface area contributed by atoms with Gasteiger partial charge in [0.2, 0.25) is 5.82 Å². The van der Waals surface area contributed by atoms with Crippen LogP contribution in [0.3, 0.4) is 0 Å². The van der Waals surface area contributed by atoms with Crippen molar-refractivity contribution in [3.8, 4) is 17.2 Å². The number of methoxy groups -OCH3 is 1. The van der Waals surface area contributed by atoms with Crippen LogP contribution in [0.5, 0.6) is 17.2 Å². The molecule has 0 heterocycles. The third kappa shape index (κ3) is 2.60. The number of hydrogen-bond donors (Lipinski definition) is 1. The summed E-state index contributed by atoms with van der Waals surface area (Å²) >= 11 is 0. The highest BCUT2D eigenvalue weighted by molar-refractivity contribution is 5.39. The minimum Gasteiger partial charge on any atom is -0.494 e. The summed E-state index contributed by atoms with van der Waals surface area (Å²) in [7, 11) is 1.40. The molecule has 0 amide bonds. The second-order valence-corrected chi connectivity index (χ2v) is 3.68. The summed E-state index contributed by atoms with van der Waals surface area (Å²) in [6, 6.07) is 11.5. The second kappa shape index (κ2) is 5.51. The van der Waals surface area contributed by atoms with Crippen molar-refractivity contribution in [3.05, 3.63) is 53.8 Å². The zero-order chi connectivity index (χ0) is 13.0. The van der Waals surface area contributed by atoms with E-state index in [0.717, 1.165) is 5.56 Å². The molecule has 4 heteroatoms. The van der Waals surface area contributed by atoms with Crippen LogP contribution in [0.2, 0.25) is 0 Å². The summed E-state index contributed by atoms with van der Waals surface area (Å²) < 4.78 is 24.1. The normalized spacial score (nSPS) is 10.2. The van der Waals surface area contributed by atoms with Gasteiger partial charge in [-0.1, -0.05) is 18.2 Å². The van der Waals surface area contributed by atoms with E-state index >= 15 is 0 Å². The summed E-state index contributed by atoms with van der Waals surface area (Å²) in [6.45, 7) is -0.0339. The Bertz CT molecular complexity index is 523. The molecule has 2 aromatic carbocycles. The minimum absolute atomic E-state index is 0.0339. The summed E-state index contributed by atoms with van der Waals surface area (Å²) in [6.07, 6.45) is 0. The Morgan fingerprint density at radius 2 is 1.72 bits per heavy atom. The van der Waals surface area contributed by atoms with Gasteiger partial charge >= 0.3 is 0 Å². The van der Waals surface area contributed by atoms with E-state index in [1.807, 2.05) is 0 Å². The summed E-state index contributed by atoms with van der Waals surface area (Å²) in [5, 5.41) is 8.91. The van der Waals surface area contributed by atoms with Crippen LogP contribution in [0.25, 0.3) is 0 Å². The van der Waals surface area contributed by atoms with Crippen molar-refractivity contribution in [1.29, 1.82) is 0 Å². The highest BCUT2D eigenvalue weighted by atomic mass is 19.1. The van der Waals surface area contributed by atoms with Gasteiger partial charge in [-0.15, -0.1) is 0 Å². The maximum Gasteiger partial charge on any atom is 0.207 e. The number of hydrogen-bond acceptors (Lipinski definition) is 3. The number of rotatable bonds is 4. The second-order valence-electron chi connectivity index (χ2n) is 3.68. The Morgan fingerprint density at radius 1 is 1.06 bits per heavy atom. The van der Waals surface area contributed by atoms with Crippen LogP contribution >= 0.6 is 0 Å². The maximum absolute atomic E-state index is 13.8. The highest BCUT2D eigenvalue weighted by Gasteiger charge is 2.10. The van der Waals surface area contributed by atoms with Gasteiger partial charge in [0.05, 0.1) is 13.7 Å². The lowest BCUT2D eigenvalue weighted by Crippen LogP contribution is -1.93. The highest BCUT2D eigenvalue weighted by Crippen LogP contribution is 2.30. The average Bonchev–Trinajstić information content (AvgIpc) is 2.42. The Kier molecular flexibility index (Phi) is 3.79. The van der Waals surface area contributed by atoms with Gasteiger partial charge in [-0.2, -0.15) is 4.39 Å². The molecule has 0 saturated carbocycles. The van der Waals surface area contributed by atoms with Gasteiger partial charge in [-0.25, -0.2) is 0 Å². The first-order chi connectivity index (χ1) is 8.74. The average molecular weight is 248 g/mol. The molecule has 0 saturated heterocycles. The van der Waals surface area contributed by atoms with Crippen molar-refractivity contribution in [3.63, 3.8) is 0 Å². The number of ether oxygens (including phenoxy) is 2. The third-order valence-electron chi connectivity index (χ3n) is 2.48. The molecular formula is C14H13FO3. The van der Waals surface area contributed by atoms with Crippen molar-refractivity contribution in [2.24, 2.45) is 0 Å². The number of aliphatic hydroxyl groups excluding tert-OH is 1. The van der Waals surface area contributed by atoms with Crippen molar-refractivity contribution in [2.45, 2.75) is 6.61 Å². The minimum atomic E-state index is -0.536. The van der Waals surface area contributed by atoms with E-state index in [1.165, 1.54) is 19.2 Å². The zero-order valence-electron chi connectivity index (χ0n) is 9.89. The zero-order valence-corrected chi connectivity index (χ0v) is 9.89. The van der Waals surface area contributed by atoms with Crippen LogP contribution < -0.4 is 9.47 Å². The maximum atomic E-state index is 13.8. The summed E-state index contributed by atoms with van der Waals surface area (Å²) in [5.41, 5.74) is 0.772. The quantitative estimate of drug-likeness (QED) is 0.903. The van der Waals surface area contributed by atoms with Gasteiger partial charge in [0.1, 0.15) is 5.75 Å². The Balaban J connectivity index is 2.22. The molecule has 0 aromatic heterocycles. The predicted octanol–water partition coefficient (Wildman–Crippen LogP) is 3.12. The molecule has 0 bridgehead atoms. The van der Waals surface area contributed by atoms with E-state index in [9.17, 15) is 4.39 Å². The molecule has 0 aliphatic rings. The molecule has 18 heavy (non-hydrogen) atoms. The summed E-state index contributed by atoms with van der Waals surface area (Å²) in [4.78, 5) is 0. The van der Waals surface area contributed by atoms with Crippen molar-refractivity contribution >= 4 is 0 Å². The Morgan fingerprint density at radius 3 is 2.33 bits per heavy atom. The third-order valence-corrected chi connectivity index (χ3v) is 2.48. The van der Waals surface area contributed by atoms with Gasteiger partial charge in [-0.3, -0.25) is 0 Å². The molecule has 0 aliphatic heterocycles. The molecule has 2 aromatic rings. The molecule has 3 nitrogen and oxygen atoms in total. The smallest absolute Gasteiger partial charge is 0.207 e. The van der Waals surface area contributed by atoms with Crippen LogP contribution in [-0.2, 0) is 6.61 Å². The standard InChI is InChI=1S/C14H13FO3/c1-17-12-3-2-4-13(14(12)15)18-11-7-5-10(9-16)6-8-11/h2-8,16H,9H2,1H3. The van der Waals surface area contributed by atoms with Gasteiger partial charge in [-0.05, 0) is 29.8 Å². The van der Waals surface area contributed by atoms with Gasteiger partial charge in [0.25, 0.3) is 0 Å². The Labute approximate surface area is 104 Å². The lowest BCUT2D eigenvalue weighted by molar-refractivity contribution is 0.281. The molecule has 0 radical (unpaired) electrons. The first kappa shape index (κ1) is 12.4. The van der Waals surface area contributed by atoms with Gasteiger partial charge in [0.15, 0.2) is 11.5 Å². The first-order valence-corrected chi connectivity index (χ1v) is 5.44. The van der Waals surface area contributed by atoms with Crippen LogP contribution in [-0.4, -0.2) is 12.2 Å². The molecule has 94 valence electrons. The molecule has 1 N–H and O–H groups in total. The largest absolute Gasteiger partial charge is 0.494 e. The fourth-order valence-corrected chi connectivity index (χ4v) is 1.52. The molecule has 0 unspecified atom stereocenters. The van der Waals surface area contributed by atoms with E-state index in [2.05, 4.69) is 0 Å². The topological polar surface area (TPSA) is 38.7 Å². The van der Waals surface area contributed by atoms with Crippen molar-refractivity contribution in [2.75, 3.05) is 7.11 Å². The van der Waals surface area contributed by atoms with E-state index in [4.69, 9.17) is 14.6 Å². The van der Waals surface area contributed by atoms with Crippen LogP contribution in [0, 0.1) is 5.82 Å². The lowest BCUT2D eigenvalue weighted by atomic mass is 10.2. The molecule has 0 aliphatic carbocycles. The molecule has 0 spiro atoms. The van der Waals surface area contributed by atoms with E-state index in [0.29, 0.717) is 5.75 Å². The van der Waals surface area contributed by atoms with Crippen molar-refractivity contribution in [1.82, 2.24) is 0 Å². The van der Waals surface area contributed by atoms with E-state index in [-0.39, 0.29) is 18.1 Å². The molecule has 0 atom stereocenters. The molecule has 0 fully saturated rings. The number of halogens is 1. The fraction of sp³-hybridized carbons (Fsp3) is 0.143. The summed E-state index contributed by atoms with van der Waals surface area (Å²) in [5.74, 6) is 0.205. The van der Waals surface area contributed by atoms with E-state index < -0.39 is 5.82 Å². The van der Waals surface area contributed by atoms with Crippen molar-refractivity contribution < 1.29 is 19.0 Å². The van der Waals surface area contributed by atoms with E-state index in [1.54, 1.807) is 30.3 Å². The number of benzene rings is 2. The SMILES string of the molecule is COc1cccc(Oc2ccc(CO)cc2)c1F. The van der Waals surface area contributed by atoms with Crippen LogP contribution in [0.15, 0.2) is 42.5 Å². The monoisotopic (exact) mass is 248 g/mol. The van der Waals surface area contributed by atoms with Crippen LogP contribution in [0.1, 0.15) is 5.56 Å². The predicted molar refractivity (Wildman–Crippen MR) is 65.4 cm³/mol. The number of aliphatic hydroxyl groups is 1.